The Labute approximate surface area is 133 Å². The molecule has 0 aliphatic carbocycles. The summed E-state index contributed by atoms with van der Waals surface area (Å²) in [6.07, 6.45) is -5.29. The van der Waals surface area contributed by atoms with E-state index in [4.69, 9.17) is 20.4 Å². The number of nitrogens with zero attached hydrogens (tertiary/aromatic N) is 2. The average molecular weight is 343 g/mol. The fourth-order valence-corrected chi connectivity index (χ4v) is 1.66. The van der Waals surface area contributed by atoms with E-state index in [0.717, 1.165) is 32.7 Å². The molecule has 0 bridgehead atoms. The summed E-state index contributed by atoms with van der Waals surface area (Å²) in [5, 5.41) is 7.12. The number of carbonyl (C=O) groups is 2. The summed E-state index contributed by atoms with van der Waals surface area (Å²) in [4.78, 5) is 24.7. The number of carboxylic acids is 1. The number of amides is 1. The van der Waals surface area contributed by atoms with Gasteiger partial charge in [0.2, 0.25) is 0 Å². The molecular formula is C13H24F3N3O4. The van der Waals surface area contributed by atoms with Gasteiger partial charge < -0.3 is 20.5 Å². The zero-order valence-corrected chi connectivity index (χ0v) is 13.5. The van der Waals surface area contributed by atoms with Gasteiger partial charge in [0.1, 0.15) is 5.60 Å². The van der Waals surface area contributed by atoms with Gasteiger partial charge in [0, 0.05) is 39.3 Å². The fraction of sp³-hybridized carbons (Fsp3) is 0.846. The Bertz CT molecular complexity index is 389. The maximum atomic E-state index is 11.7. The third-order valence-electron chi connectivity index (χ3n) is 2.71. The van der Waals surface area contributed by atoms with Crippen molar-refractivity contribution >= 4 is 12.1 Å². The van der Waals surface area contributed by atoms with E-state index in [-0.39, 0.29) is 6.09 Å². The molecule has 136 valence electrons. The van der Waals surface area contributed by atoms with Crippen LogP contribution in [0.4, 0.5) is 18.0 Å². The van der Waals surface area contributed by atoms with Crippen molar-refractivity contribution in [3.8, 4) is 0 Å². The van der Waals surface area contributed by atoms with Gasteiger partial charge in [-0.05, 0) is 20.8 Å². The average Bonchev–Trinajstić information content (AvgIpc) is 2.37. The number of nitrogens with two attached hydrogens (primary N) is 1. The van der Waals surface area contributed by atoms with Crippen molar-refractivity contribution in [2.75, 3.05) is 39.3 Å². The number of hydrogen-bond donors (Lipinski definition) is 2. The lowest BCUT2D eigenvalue weighted by molar-refractivity contribution is -0.192. The molecule has 0 saturated carbocycles. The summed E-state index contributed by atoms with van der Waals surface area (Å²) in [5.74, 6) is -2.76. The minimum absolute atomic E-state index is 0.208. The zero-order valence-electron chi connectivity index (χ0n) is 13.5. The standard InChI is InChI=1S/C11H23N3O2.C2HF3O2/c1-11(2,3)16-10(15)14-8-6-13(5-4-12)7-9-14;3-2(4,5)1(6)7/h4-9,12H2,1-3H3;(H,6,7). The Hall–Kier alpha value is -1.55. The molecule has 0 aromatic rings. The van der Waals surface area contributed by atoms with Crippen molar-refractivity contribution in [1.29, 1.82) is 0 Å². The van der Waals surface area contributed by atoms with Crippen LogP contribution in [0.25, 0.3) is 0 Å². The topological polar surface area (TPSA) is 96.1 Å². The Morgan fingerprint density at radius 1 is 1.13 bits per heavy atom. The summed E-state index contributed by atoms with van der Waals surface area (Å²) in [6, 6.07) is 0. The Morgan fingerprint density at radius 2 is 1.57 bits per heavy atom. The second kappa shape index (κ2) is 8.92. The first-order valence-electron chi connectivity index (χ1n) is 7.07. The van der Waals surface area contributed by atoms with E-state index in [0.29, 0.717) is 6.54 Å². The number of aliphatic carboxylic acids is 1. The highest BCUT2D eigenvalue weighted by atomic mass is 19.4. The molecule has 1 fully saturated rings. The molecule has 1 heterocycles. The number of carboxylic acid groups (broad SMARTS) is 1. The van der Waals surface area contributed by atoms with E-state index in [1.807, 2.05) is 20.8 Å². The van der Waals surface area contributed by atoms with Gasteiger partial charge in [-0.25, -0.2) is 9.59 Å². The van der Waals surface area contributed by atoms with Crippen LogP contribution in [0, 0.1) is 0 Å². The third kappa shape index (κ3) is 9.95. The van der Waals surface area contributed by atoms with Gasteiger partial charge in [-0.3, -0.25) is 4.90 Å². The van der Waals surface area contributed by atoms with Gasteiger partial charge in [0.25, 0.3) is 0 Å². The lowest BCUT2D eigenvalue weighted by Crippen LogP contribution is -2.50. The molecule has 0 spiro atoms. The van der Waals surface area contributed by atoms with Crippen molar-refractivity contribution in [3.05, 3.63) is 0 Å². The van der Waals surface area contributed by atoms with E-state index < -0.39 is 17.7 Å². The van der Waals surface area contributed by atoms with Crippen LogP contribution in [0.5, 0.6) is 0 Å². The second-order valence-corrected chi connectivity index (χ2v) is 5.90. The first-order chi connectivity index (χ1) is 10.4. The van der Waals surface area contributed by atoms with E-state index >= 15 is 0 Å². The molecule has 1 aliphatic heterocycles. The molecule has 3 N–H and O–H groups in total. The lowest BCUT2D eigenvalue weighted by Gasteiger charge is -2.35. The molecule has 23 heavy (non-hydrogen) atoms. The molecule has 1 aliphatic rings. The molecule has 10 heteroatoms. The van der Waals surface area contributed by atoms with Crippen molar-refractivity contribution < 1.29 is 32.6 Å². The van der Waals surface area contributed by atoms with Crippen LogP contribution in [-0.2, 0) is 9.53 Å². The summed E-state index contributed by atoms with van der Waals surface area (Å²) in [5.41, 5.74) is 5.08. The molecule has 0 unspecified atom stereocenters. The number of piperazine rings is 1. The summed E-state index contributed by atoms with van der Waals surface area (Å²) < 4.78 is 37.1. The minimum Gasteiger partial charge on any atom is -0.475 e. The first kappa shape index (κ1) is 21.4. The fourth-order valence-electron chi connectivity index (χ4n) is 1.66. The van der Waals surface area contributed by atoms with Gasteiger partial charge in [0.05, 0.1) is 0 Å². The largest absolute Gasteiger partial charge is 0.490 e. The number of hydrogen-bond acceptors (Lipinski definition) is 5. The lowest BCUT2D eigenvalue weighted by atomic mass is 10.2. The van der Waals surface area contributed by atoms with Crippen LogP contribution < -0.4 is 5.73 Å². The summed E-state index contributed by atoms with van der Waals surface area (Å²) >= 11 is 0. The zero-order chi connectivity index (χ0) is 18.3. The van der Waals surface area contributed by atoms with Gasteiger partial charge in [0.15, 0.2) is 0 Å². The molecule has 1 rings (SSSR count). The van der Waals surface area contributed by atoms with Crippen molar-refractivity contribution in [2.24, 2.45) is 5.73 Å². The minimum atomic E-state index is -5.08. The van der Waals surface area contributed by atoms with Crippen LogP contribution in [-0.4, -0.2) is 78.0 Å². The molecule has 0 atom stereocenters. The Morgan fingerprint density at radius 3 is 1.87 bits per heavy atom. The third-order valence-corrected chi connectivity index (χ3v) is 2.71. The smallest absolute Gasteiger partial charge is 0.475 e. The Balaban J connectivity index is 0.000000585. The molecule has 7 nitrogen and oxygen atoms in total. The maximum Gasteiger partial charge on any atom is 0.490 e. The van der Waals surface area contributed by atoms with Gasteiger partial charge in [-0.2, -0.15) is 13.2 Å². The van der Waals surface area contributed by atoms with E-state index in [1.165, 1.54) is 0 Å². The van der Waals surface area contributed by atoms with E-state index in [9.17, 15) is 18.0 Å². The van der Waals surface area contributed by atoms with Crippen LogP contribution in [0.15, 0.2) is 0 Å². The normalized spacial score (nSPS) is 16.4. The molecule has 1 saturated heterocycles. The van der Waals surface area contributed by atoms with Crippen LogP contribution >= 0.6 is 0 Å². The molecular weight excluding hydrogens is 319 g/mol. The molecule has 0 radical (unpaired) electrons. The van der Waals surface area contributed by atoms with Crippen LogP contribution in [0.2, 0.25) is 0 Å². The highest BCUT2D eigenvalue weighted by Gasteiger charge is 2.38. The predicted molar refractivity (Wildman–Crippen MR) is 77.0 cm³/mol. The van der Waals surface area contributed by atoms with Gasteiger partial charge >= 0.3 is 18.2 Å². The Kier molecular flexibility index (Phi) is 8.32. The molecule has 0 aromatic heterocycles. The molecule has 0 aromatic carbocycles. The van der Waals surface area contributed by atoms with E-state index in [1.54, 1.807) is 4.90 Å². The number of rotatable bonds is 2. The van der Waals surface area contributed by atoms with Crippen molar-refractivity contribution in [2.45, 2.75) is 32.5 Å². The molecule has 1 amide bonds. The number of carbonyl (C=O) groups excluding carboxylic acids is 1. The number of halogens is 3. The SMILES string of the molecule is CC(C)(C)OC(=O)N1CCN(CCN)CC1.O=C(O)C(F)(F)F. The first-order valence-corrected chi connectivity index (χ1v) is 7.07. The monoisotopic (exact) mass is 343 g/mol. The summed E-state index contributed by atoms with van der Waals surface area (Å²) in [7, 11) is 0. The van der Waals surface area contributed by atoms with Gasteiger partial charge in [-0.1, -0.05) is 0 Å². The van der Waals surface area contributed by atoms with Crippen LogP contribution in [0.3, 0.4) is 0 Å². The highest BCUT2D eigenvalue weighted by molar-refractivity contribution is 5.73. The highest BCUT2D eigenvalue weighted by Crippen LogP contribution is 2.13. The number of ether oxygens (including phenoxy) is 1. The van der Waals surface area contributed by atoms with Crippen molar-refractivity contribution in [3.63, 3.8) is 0 Å². The second-order valence-electron chi connectivity index (χ2n) is 5.90. The van der Waals surface area contributed by atoms with Crippen LogP contribution in [0.1, 0.15) is 20.8 Å². The quantitative estimate of drug-likeness (QED) is 0.780. The van der Waals surface area contributed by atoms with E-state index in [2.05, 4.69) is 4.90 Å². The number of alkyl halides is 3. The van der Waals surface area contributed by atoms with Gasteiger partial charge in [-0.15, -0.1) is 0 Å². The summed E-state index contributed by atoms with van der Waals surface area (Å²) in [6.45, 7) is 10.5. The predicted octanol–water partition coefficient (Wildman–Crippen LogP) is 1.13. The maximum absolute atomic E-state index is 11.7. The van der Waals surface area contributed by atoms with Crippen molar-refractivity contribution in [1.82, 2.24) is 9.80 Å².